The summed E-state index contributed by atoms with van der Waals surface area (Å²) in [6.45, 7) is 1.20. The summed E-state index contributed by atoms with van der Waals surface area (Å²) in [6, 6.07) is 0. The van der Waals surface area contributed by atoms with Crippen LogP contribution in [0.25, 0.3) is 0 Å². The number of hydrogen-bond acceptors (Lipinski definition) is 2. The normalized spacial score (nSPS) is 12.6. The molecule has 7 heavy (non-hydrogen) atoms. The van der Waals surface area contributed by atoms with Crippen LogP contribution in [0.15, 0.2) is 0 Å². The molecule has 2 nitrogen and oxygen atoms in total. The van der Waals surface area contributed by atoms with Gasteiger partial charge >= 0.3 is 0 Å². The quantitative estimate of drug-likeness (QED) is 0.457. The van der Waals surface area contributed by atoms with Crippen LogP contribution in [-0.4, -0.2) is 12.1 Å². The molecule has 0 heterocycles. The Balaban J connectivity index is 4.08. The first-order valence-electron chi connectivity index (χ1n) is 1.47. The number of alkyl halides is 2. The molecule has 0 aliphatic carbocycles. The van der Waals surface area contributed by atoms with E-state index in [9.17, 15) is 8.42 Å². The minimum absolute atomic E-state index is 1.20. The van der Waals surface area contributed by atoms with Gasteiger partial charge < -0.3 is 0 Å². The third-order valence-electron chi connectivity index (χ3n) is 0.321. The van der Waals surface area contributed by atoms with Crippen LogP contribution in [0.5, 0.6) is 0 Å². The highest BCUT2D eigenvalue weighted by Crippen LogP contribution is 2.19. The van der Waals surface area contributed by atoms with Crippen LogP contribution in [-0.2, 0) is 10.7 Å². The third kappa shape index (κ3) is 3.14. The Bertz CT molecular complexity index is 114. The lowest BCUT2D eigenvalue weighted by atomic mass is 10.9. The number of halogens is 2. The molecule has 0 radical (unpaired) electrons. The van der Waals surface area contributed by atoms with E-state index in [0.29, 0.717) is 0 Å². The van der Waals surface area contributed by atoms with Gasteiger partial charge in [-0.2, -0.15) is 0 Å². The van der Waals surface area contributed by atoms with Crippen molar-refractivity contribution in [2.45, 2.75) is 10.6 Å². The summed E-state index contributed by atoms with van der Waals surface area (Å²) in [5.74, 6) is 0. The van der Waals surface area contributed by atoms with Gasteiger partial charge in [0.2, 0.25) is 3.67 Å². The predicted molar refractivity (Wildman–Crippen MR) is 30.4 cm³/mol. The molecule has 0 spiro atoms. The highest BCUT2D eigenvalue weighted by Gasteiger charge is 2.18. The third-order valence-corrected chi connectivity index (χ3v) is 1.79. The van der Waals surface area contributed by atoms with Crippen molar-refractivity contribution in [1.29, 1.82) is 0 Å². The van der Waals surface area contributed by atoms with Crippen molar-refractivity contribution in [3.05, 3.63) is 0 Å². The van der Waals surface area contributed by atoms with Gasteiger partial charge in [0.25, 0.3) is 0 Å². The fraction of sp³-hybridized carbons (Fsp3) is 1.00. The van der Waals surface area contributed by atoms with Gasteiger partial charge in [-0.25, -0.2) is 8.42 Å². The topological polar surface area (TPSA) is 34.1 Å². The Morgan fingerprint density at radius 1 is 1.43 bits per heavy atom. The lowest BCUT2D eigenvalue weighted by Crippen LogP contribution is -2.06. The van der Waals surface area contributed by atoms with Crippen molar-refractivity contribution >= 4 is 33.9 Å². The first-order valence-corrected chi connectivity index (χ1v) is 3.40. The Morgan fingerprint density at radius 3 is 1.57 bits per heavy atom. The summed E-state index contributed by atoms with van der Waals surface area (Å²) >= 11 is 10.1. The van der Waals surface area contributed by atoms with Crippen LogP contribution < -0.4 is 0 Å². The monoisotopic (exact) mass is 162 g/mol. The molecule has 0 bridgehead atoms. The summed E-state index contributed by atoms with van der Waals surface area (Å²) in [6.07, 6.45) is 0. The summed E-state index contributed by atoms with van der Waals surface area (Å²) in [5.41, 5.74) is 0. The molecule has 0 amide bonds. The van der Waals surface area contributed by atoms with Gasteiger partial charge in [-0.3, -0.25) is 0 Å². The molecule has 0 aromatic heterocycles. The summed E-state index contributed by atoms with van der Waals surface area (Å²) in [5, 5.41) is 0. The lowest BCUT2D eigenvalue weighted by molar-refractivity contribution is 0.610. The molecule has 0 aliphatic rings. The molecule has 0 N–H and O–H groups in total. The van der Waals surface area contributed by atoms with E-state index in [1.165, 1.54) is 6.92 Å². The molecule has 0 rings (SSSR count). The maximum atomic E-state index is 9.79. The van der Waals surface area contributed by atoms with E-state index < -0.39 is 14.4 Å². The zero-order valence-electron chi connectivity index (χ0n) is 3.52. The van der Waals surface area contributed by atoms with Crippen molar-refractivity contribution in [2.24, 2.45) is 0 Å². The SMILES string of the molecule is CC(Cl)(Cl)[SH](=O)=O. The van der Waals surface area contributed by atoms with E-state index >= 15 is 0 Å². The van der Waals surface area contributed by atoms with E-state index in [2.05, 4.69) is 0 Å². The second kappa shape index (κ2) is 2.20. The van der Waals surface area contributed by atoms with Gasteiger partial charge in [0.15, 0.2) is 10.7 Å². The molecule has 0 saturated carbocycles. The van der Waals surface area contributed by atoms with Crippen LogP contribution in [0.2, 0.25) is 0 Å². The summed E-state index contributed by atoms with van der Waals surface area (Å²) in [7, 11) is -2.71. The maximum absolute atomic E-state index is 9.79. The van der Waals surface area contributed by atoms with Crippen molar-refractivity contribution in [2.75, 3.05) is 0 Å². The average molecular weight is 163 g/mol. The van der Waals surface area contributed by atoms with E-state index in [1.807, 2.05) is 0 Å². The highest BCUT2D eigenvalue weighted by atomic mass is 35.5. The maximum Gasteiger partial charge on any atom is 0.212 e. The van der Waals surface area contributed by atoms with Crippen LogP contribution in [0, 0.1) is 0 Å². The molecule has 0 aromatic rings. The number of hydrogen-bond donors (Lipinski definition) is 1. The fourth-order valence-corrected chi connectivity index (χ4v) is 0. The molecule has 0 unspecified atom stereocenters. The smallest absolute Gasteiger partial charge is 0.212 e. The fourth-order valence-electron chi connectivity index (χ4n) is 0. The van der Waals surface area contributed by atoms with E-state index in [1.54, 1.807) is 0 Å². The van der Waals surface area contributed by atoms with Crippen LogP contribution in [0.4, 0.5) is 0 Å². The molecule has 0 saturated heterocycles. The second-order valence-electron chi connectivity index (χ2n) is 1.10. The van der Waals surface area contributed by atoms with Gasteiger partial charge in [0.1, 0.15) is 0 Å². The highest BCUT2D eigenvalue weighted by molar-refractivity contribution is 7.77. The number of rotatable bonds is 1. The first-order chi connectivity index (χ1) is 2.94. The zero-order chi connectivity index (χ0) is 6.08. The molecule has 0 aromatic carbocycles. The van der Waals surface area contributed by atoms with Crippen LogP contribution in [0.1, 0.15) is 6.92 Å². The van der Waals surface area contributed by atoms with E-state index in [4.69, 9.17) is 23.2 Å². The van der Waals surface area contributed by atoms with Gasteiger partial charge in [-0.05, 0) is 6.92 Å². The van der Waals surface area contributed by atoms with Crippen molar-refractivity contribution < 1.29 is 8.42 Å². The predicted octanol–water partition coefficient (Wildman–Crippen LogP) is 0.749. The van der Waals surface area contributed by atoms with Crippen molar-refractivity contribution in [1.82, 2.24) is 0 Å². The lowest BCUT2D eigenvalue weighted by Gasteiger charge is -1.98. The Labute approximate surface area is 53.4 Å². The van der Waals surface area contributed by atoms with Crippen LogP contribution in [0.3, 0.4) is 0 Å². The van der Waals surface area contributed by atoms with Gasteiger partial charge in [0, 0.05) is 0 Å². The Kier molecular flexibility index (Phi) is 2.37. The molecule has 0 aliphatic heterocycles. The molecule has 0 fully saturated rings. The first kappa shape index (κ1) is 7.53. The minimum atomic E-state index is -2.71. The summed E-state index contributed by atoms with van der Waals surface area (Å²) in [4.78, 5) is 0. The van der Waals surface area contributed by atoms with Crippen molar-refractivity contribution in [3.63, 3.8) is 0 Å². The molecule has 0 atom stereocenters. The van der Waals surface area contributed by atoms with E-state index in [0.717, 1.165) is 0 Å². The summed E-state index contributed by atoms with van der Waals surface area (Å²) < 4.78 is 18.0. The van der Waals surface area contributed by atoms with Crippen LogP contribution >= 0.6 is 23.2 Å². The largest absolute Gasteiger partial charge is 0.229 e. The molecule has 44 valence electrons. The average Bonchev–Trinajstić information content (AvgIpc) is 1.31. The van der Waals surface area contributed by atoms with Crippen molar-refractivity contribution in [3.8, 4) is 0 Å². The van der Waals surface area contributed by atoms with Gasteiger partial charge in [0.05, 0.1) is 0 Å². The molecule has 5 heteroatoms. The zero-order valence-corrected chi connectivity index (χ0v) is 5.93. The van der Waals surface area contributed by atoms with Gasteiger partial charge in [-0.1, -0.05) is 23.2 Å². The molecular weight excluding hydrogens is 159 g/mol. The Hall–Kier alpha value is 0.530. The minimum Gasteiger partial charge on any atom is -0.229 e. The second-order valence-corrected chi connectivity index (χ2v) is 4.74. The van der Waals surface area contributed by atoms with E-state index in [-0.39, 0.29) is 0 Å². The standard InChI is InChI=1S/C2H4Cl2O2S/c1-2(3,4)7(5)6/h7H,1H3. The number of thiol groups is 1. The Morgan fingerprint density at radius 2 is 1.57 bits per heavy atom. The van der Waals surface area contributed by atoms with Gasteiger partial charge in [-0.15, -0.1) is 0 Å². The molecular formula is C2H4Cl2O2S.